The predicted molar refractivity (Wildman–Crippen MR) is 85.1 cm³/mol. The Hall–Kier alpha value is -1.98. The highest BCUT2D eigenvalue weighted by molar-refractivity contribution is 6.30. The van der Waals surface area contributed by atoms with Crippen LogP contribution in [0.25, 0.3) is 0 Å². The Morgan fingerprint density at radius 2 is 2.05 bits per heavy atom. The molecule has 1 unspecified atom stereocenters. The SMILES string of the molecule is CN(C)C(CNC(=O)COc1ccc(Cl)cc1)c1ccco1. The molecule has 0 aliphatic heterocycles. The first-order chi connectivity index (χ1) is 10.6. The molecule has 2 aromatic rings. The average molecular weight is 323 g/mol. The summed E-state index contributed by atoms with van der Waals surface area (Å²) in [4.78, 5) is 13.9. The number of rotatable bonds is 7. The van der Waals surface area contributed by atoms with Crippen molar-refractivity contribution in [3.63, 3.8) is 0 Å². The van der Waals surface area contributed by atoms with E-state index < -0.39 is 0 Å². The first-order valence-corrected chi connectivity index (χ1v) is 7.29. The third-order valence-electron chi connectivity index (χ3n) is 3.17. The van der Waals surface area contributed by atoms with Crippen molar-refractivity contribution in [2.24, 2.45) is 0 Å². The zero-order valence-electron chi connectivity index (χ0n) is 12.6. The van der Waals surface area contributed by atoms with Crippen LogP contribution in [0.3, 0.4) is 0 Å². The molecular formula is C16H19ClN2O3. The van der Waals surface area contributed by atoms with Crippen LogP contribution in [0.5, 0.6) is 5.75 Å². The Morgan fingerprint density at radius 1 is 1.32 bits per heavy atom. The minimum atomic E-state index is -0.187. The Labute approximate surface area is 134 Å². The van der Waals surface area contributed by atoms with Crippen LogP contribution < -0.4 is 10.1 Å². The lowest BCUT2D eigenvalue weighted by molar-refractivity contribution is -0.123. The third-order valence-corrected chi connectivity index (χ3v) is 3.42. The largest absolute Gasteiger partial charge is 0.484 e. The molecule has 0 aliphatic carbocycles. The van der Waals surface area contributed by atoms with E-state index in [0.717, 1.165) is 5.76 Å². The summed E-state index contributed by atoms with van der Waals surface area (Å²) in [5.41, 5.74) is 0. The summed E-state index contributed by atoms with van der Waals surface area (Å²) in [7, 11) is 3.87. The molecule has 6 heteroatoms. The number of likely N-dealkylation sites (N-methyl/N-ethyl adjacent to an activating group) is 1. The minimum Gasteiger partial charge on any atom is -0.484 e. The zero-order valence-corrected chi connectivity index (χ0v) is 13.3. The van der Waals surface area contributed by atoms with Crippen LogP contribution in [0.2, 0.25) is 5.02 Å². The molecule has 1 amide bonds. The lowest BCUT2D eigenvalue weighted by Crippen LogP contribution is -2.36. The Balaban J connectivity index is 1.80. The Bertz CT molecular complexity index is 582. The maximum absolute atomic E-state index is 11.9. The van der Waals surface area contributed by atoms with Crippen LogP contribution in [-0.4, -0.2) is 38.1 Å². The molecule has 5 nitrogen and oxygen atoms in total. The molecule has 0 aliphatic rings. The Morgan fingerprint density at radius 3 is 2.64 bits per heavy atom. The van der Waals surface area contributed by atoms with E-state index in [0.29, 0.717) is 17.3 Å². The van der Waals surface area contributed by atoms with Gasteiger partial charge in [-0.2, -0.15) is 0 Å². The van der Waals surface area contributed by atoms with E-state index in [-0.39, 0.29) is 18.6 Å². The van der Waals surface area contributed by atoms with E-state index in [2.05, 4.69) is 5.32 Å². The summed E-state index contributed by atoms with van der Waals surface area (Å²) in [5, 5.41) is 3.47. The number of ether oxygens (including phenoxy) is 1. The molecular weight excluding hydrogens is 304 g/mol. The van der Waals surface area contributed by atoms with Gasteiger partial charge in [-0.05, 0) is 50.5 Å². The fourth-order valence-corrected chi connectivity index (χ4v) is 2.09. The molecule has 1 N–H and O–H groups in total. The predicted octanol–water partition coefficient (Wildman–Crippen LogP) is 2.73. The summed E-state index contributed by atoms with van der Waals surface area (Å²) in [6, 6.07) is 10.6. The highest BCUT2D eigenvalue weighted by Crippen LogP contribution is 2.18. The number of benzene rings is 1. The van der Waals surface area contributed by atoms with E-state index in [1.807, 2.05) is 31.1 Å². The van der Waals surface area contributed by atoms with E-state index in [1.54, 1.807) is 30.5 Å². The summed E-state index contributed by atoms with van der Waals surface area (Å²) >= 11 is 5.79. The van der Waals surface area contributed by atoms with E-state index in [4.69, 9.17) is 20.8 Å². The number of nitrogens with one attached hydrogen (secondary N) is 1. The average Bonchev–Trinajstić information content (AvgIpc) is 3.00. The van der Waals surface area contributed by atoms with Crippen LogP contribution in [0.4, 0.5) is 0 Å². The second kappa shape index (κ2) is 7.87. The topological polar surface area (TPSA) is 54.7 Å². The van der Waals surface area contributed by atoms with Crippen molar-refractivity contribution in [2.45, 2.75) is 6.04 Å². The number of halogens is 1. The smallest absolute Gasteiger partial charge is 0.258 e. The monoisotopic (exact) mass is 322 g/mol. The van der Waals surface area contributed by atoms with Gasteiger partial charge in [-0.25, -0.2) is 0 Å². The van der Waals surface area contributed by atoms with Crippen molar-refractivity contribution in [1.29, 1.82) is 0 Å². The molecule has 2 rings (SSSR count). The number of nitrogens with zero attached hydrogens (tertiary/aromatic N) is 1. The van der Waals surface area contributed by atoms with Gasteiger partial charge in [0.05, 0.1) is 12.3 Å². The molecule has 0 bridgehead atoms. The fourth-order valence-electron chi connectivity index (χ4n) is 1.96. The number of furan rings is 1. The van der Waals surface area contributed by atoms with Gasteiger partial charge >= 0.3 is 0 Å². The van der Waals surface area contributed by atoms with Gasteiger partial charge in [0, 0.05) is 11.6 Å². The number of hydrogen-bond acceptors (Lipinski definition) is 4. The quantitative estimate of drug-likeness (QED) is 0.851. The molecule has 0 saturated heterocycles. The Kier molecular flexibility index (Phi) is 5.86. The van der Waals surface area contributed by atoms with Gasteiger partial charge in [0.1, 0.15) is 11.5 Å². The van der Waals surface area contributed by atoms with Crippen LogP contribution in [0.15, 0.2) is 47.1 Å². The van der Waals surface area contributed by atoms with E-state index >= 15 is 0 Å². The van der Waals surface area contributed by atoms with Gasteiger partial charge < -0.3 is 14.5 Å². The van der Waals surface area contributed by atoms with E-state index in [1.165, 1.54) is 0 Å². The molecule has 118 valence electrons. The normalized spacial score (nSPS) is 12.2. The van der Waals surface area contributed by atoms with E-state index in [9.17, 15) is 4.79 Å². The van der Waals surface area contributed by atoms with Gasteiger partial charge in [0.15, 0.2) is 6.61 Å². The van der Waals surface area contributed by atoms with Crippen molar-refractivity contribution in [2.75, 3.05) is 27.2 Å². The molecule has 0 radical (unpaired) electrons. The van der Waals surface area contributed by atoms with Gasteiger partial charge in [0.25, 0.3) is 5.91 Å². The molecule has 0 fully saturated rings. The van der Waals surface area contributed by atoms with Gasteiger partial charge in [-0.3, -0.25) is 9.69 Å². The van der Waals surface area contributed by atoms with Crippen LogP contribution in [0.1, 0.15) is 11.8 Å². The van der Waals surface area contributed by atoms with Gasteiger partial charge in [-0.15, -0.1) is 0 Å². The number of carbonyl (C=O) groups is 1. The maximum atomic E-state index is 11.9. The van der Waals surface area contributed by atoms with Crippen LogP contribution >= 0.6 is 11.6 Å². The van der Waals surface area contributed by atoms with Gasteiger partial charge in [-0.1, -0.05) is 11.6 Å². The minimum absolute atomic E-state index is 0.0190. The lowest BCUT2D eigenvalue weighted by Gasteiger charge is -2.22. The van der Waals surface area contributed by atoms with Crippen molar-refractivity contribution >= 4 is 17.5 Å². The number of carbonyl (C=O) groups excluding carboxylic acids is 1. The standard InChI is InChI=1S/C16H19ClN2O3/c1-19(2)14(15-4-3-9-21-15)10-18-16(20)11-22-13-7-5-12(17)6-8-13/h3-9,14H,10-11H2,1-2H3,(H,18,20). The number of amides is 1. The molecule has 1 atom stereocenters. The lowest BCUT2D eigenvalue weighted by atomic mass is 10.2. The van der Waals surface area contributed by atoms with Crippen molar-refractivity contribution in [1.82, 2.24) is 10.2 Å². The molecule has 1 aromatic carbocycles. The van der Waals surface area contributed by atoms with Crippen LogP contribution in [-0.2, 0) is 4.79 Å². The highest BCUT2D eigenvalue weighted by atomic mass is 35.5. The first kappa shape index (κ1) is 16.4. The summed E-state index contributed by atoms with van der Waals surface area (Å²) in [5.74, 6) is 1.23. The summed E-state index contributed by atoms with van der Waals surface area (Å²) in [6.07, 6.45) is 1.62. The molecule has 1 heterocycles. The van der Waals surface area contributed by atoms with Crippen molar-refractivity contribution in [3.05, 3.63) is 53.4 Å². The molecule has 1 aromatic heterocycles. The van der Waals surface area contributed by atoms with Gasteiger partial charge in [0.2, 0.25) is 0 Å². The molecule has 0 saturated carbocycles. The van der Waals surface area contributed by atoms with Crippen molar-refractivity contribution in [3.8, 4) is 5.75 Å². The number of hydrogen-bond donors (Lipinski definition) is 1. The molecule has 0 spiro atoms. The molecule has 22 heavy (non-hydrogen) atoms. The zero-order chi connectivity index (χ0) is 15.9. The summed E-state index contributed by atoms with van der Waals surface area (Å²) < 4.78 is 10.8. The van der Waals surface area contributed by atoms with Crippen LogP contribution in [0, 0.1) is 0 Å². The second-order valence-electron chi connectivity index (χ2n) is 5.04. The first-order valence-electron chi connectivity index (χ1n) is 6.91. The third kappa shape index (κ3) is 4.79. The highest BCUT2D eigenvalue weighted by Gasteiger charge is 2.17. The maximum Gasteiger partial charge on any atom is 0.258 e. The van der Waals surface area contributed by atoms with Crippen molar-refractivity contribution < 1.29 is 13.9 Å². The fraction of sp³-hybridized carbons (Fsp3) is 0.312. The summed E-state index contributed by atoms with van der Waals surface area (Å²) in [6.45, 7) is 0.406. The second-order valence-corrected chi connectivity index (χ2v) is 5.48.